The summed E-state index contributed by atoms with van der Waals surface area (Å²) in [6.07, 6.45) is 3.47. The normalized spacial score (nSPS) is 9.67. The highest BCUT2D eigenvalue weighted by Crippen LogP contribution is 2.25. The number of phenolic OH excluding ortho intramolecular Hbond substituents is 1. The van der Waals surface area contributed by atoms with Crippen LogP contribution in [0.15, 0.2) is 60.9 Å². The molecular weight excluding hydrogens is 390 g/mol. The number of aromatic nitrogens is 1. The lowest BCUT2D eigenvalue weighted by molar-refractivity contribution is 0.0692. The molecule has 0 saturated carbocycles. The van der Waals surface area contributed by atoms with Gasteiger partial charge in [0.15, 0.2) is 6.29 Å². The number of ether oxygens (including phenoxy) is 3. The monoisotopic (exact) mass is 411 g/mol. The Bertz CT molecular complexity index is 1000. The number of aldehydes is 1. The van der Waals surface area contributed by atoms with Crippen molar-refractivity contribution in [1.82, 2.24) is 4.98 Å². The maximum Gasteiger partial charge on any atom is 0.341 e. The number of carboxylic acids is 1. The highest BCUT2D eigenvalue weighted by Gasteiger charge is 2.09. The molecule has 2 aromatic carbocycles. The summed E-state index contributed by atoms with van der Waals surface area (Å²) < 4.78 is 15.3. The number of carbonyl (C=O) groups excluding carboxylic acids is 1. The molecule has 156 valence electrons. The van der Waals surface area contributed by atoms with E-state index in [1.165, 1.54) is 38.7 Å². The number of aromatic hydroxyl groups is 1. The van der Waals surface area contributed by atoms with Gasteiger partial charge in [0.1, 0.15) is 35.2 Å². The summed E-state index contributed by atoms with van der Waals surface area (Å²) in [6.45, 7) is 0.181. The lowest BCUT2D eigenvalue weighted by Crippen LogP contribution is -2.00. The number of hydrogen-bond donors (Lipinski definition) is 2. The van der Waals surface area contributed by atoms with Crippen molar-refractivity contribution in [2.75, 3.05) is 14.2 Å². The summed E-state index contributed by atoms with van der Waals surface area (Å²) in [7, 11) is 2.95. The number of nitrogens with zero attached hydrogens (tertiary/aromatic N) is 1. The van der Waals surface area contributed by atoms with Gasteiger partial charge < -0.3 is 24.4 Å². The minimum Gasteiger partial charge on any atom is -0.507 e. The Morgan fingerprint density at radius 3 is 2.43 bits per heavy atom. The molecule has 0 atom stereocenters. The van der Waals surface area contributed by atoms with Crippen molar-refractivity contribution in [3.63, 3.8) is 0 Å². The molecule has 0 radical (unpaired) electrons. The standard InChI is InChI=1S/C15H14O4.C7H7NO3/c1-18-13-7-6-12(14(17)8-13)10-19-15-5-3-2-4-11(15)9-16;1-11-6-2-3-8-4-5(6)7(9)10/h2-9,17H,10H2,1H3;2-4H,1H3,(H,9,10). The fourth-order valence-corrected chi connectivity index (χ4v) is 2.38. The molecule has 0 bridgehead atoms. The summed E-state index contributed by atoms with van der Waals surface area (Å²) in [5, 5.41) is 18.4. The van der Waals surface area contributed by atoms with Gasteiger partial charge in [0, 0.05) is 24.0 Å². The first-order valence-electron chi connectivity index (χ1n) is 8.74. The van der Waals surface area contributed by atoms with E-state index >= 15 is 0 Å². The lowest BCUT2D eigenvalue weighted by atomic mass is 10.2. The van der Waals surface area contributed by atoms with Crippen LogP contribution in [0.3, 0.4) is 0 Å². The maximum atomic E-state index is 10.8. The van der Waals surface area contributed by atoms with Crippen molar-refractivity contribution < 1.29 is 34.0 Å². The van der Waals surface area contributed by atoms with E-state index in [0.29, 0.717) is 28.4 Å². The van der Waals surface area contributed by atoms with E-state index < -0.39 is 5.97 Å². The highest BCUT2D eigenvalue weighted by atomic mass is 16.5. The van der Waals surface area contributed by atoms with Gasteiger partial charge in [-0.05, 0) is 30.3 Å². The zero-order valence-corrected chi connectivity index (χ0v) is 16.4. The Morgan fingerprint density at radius 2 is 1.83 bits per heavy atom. The number of benzene rings is 2. The predicted octanol–water partition coefficient (Wildman–Crippen LogP) is 3.58. The Morgan fingerprint density at radius 1 is 1.07 bits per heavy atom. The molecule has 0 fully saturated rings. The van der Waals surface area contributed by atoms with Crippen LogP contribution in [0.1, 0.15) is 26.3 Å². The molecule has 0 spiro atoms. The van der Waals surface area contributed by atoms with E-state index in [2.05, 4.69) is 4.98 Å². The predicted molar refractivity (Wildman–Crippen MR) is 109 cm³/mol. The van der Waals surface area contributed by atoms with Gasteiger partial charge in [-0.1, -0.05) is 12.1 Å². The fourth-order valence-electron chi connectivity index (χ4n) is 2.38. The van der Waals surface area contributed by atoms with Crippen molar-refractivity contribution in [1.29, 1.82) is 0 Å². The van der Waals surface area contributed by atoms with Crippen LogP contribution in [-0.2, 0) is 6.61 Å². The largest absolute Gasteiger partial charge is 0.507 e. The number of rotatable bonds is 7. The zero-order chi connectivity index (χ0) is 21.9. The first-order chi connectivity index (χ1) is 14.5. The summed E-state index contributed by atoms with van der Waals surface area (Å²) >= 11 is 0. The first kappa shape index (κ1) is 22.2. The molecule has 1 heterocycles. The molecule has 0 saturated heterocycles. The molecule has 0 amide bonds. The molecular formula is C22H21NO7. The van der Waals surface area contributed by atoms with Crippen LogP contribution in [0.4, 0.5) is 0 Å². The van der Waals surface area contributed by atoms with E-state index in [-0.39, 0.29) is 17.9 Å². The quantitative estimate of drug-likeness (QED) is 0.567. The number of hydrogen-bond acceptors (Lipinski definition) is 7. The molecule has 0 unspecified atom stereocenters. The van der Waals surface area contributed by atoms with Crippen LogP contribution in [-0.4, -0.2) is 41.7 Å². The topological polar surface area (TPSA) is 115 Å². The number of aromatic carboxylic acids is 1. The third-order valence-electron chi connectivity index (χ3n) is 3.95. The van der Waals surface area contributed by atoms with E-state index in [4.69, 9.17) is 19.3 Å². The third-order valence-corrected chi connectivity index (χ3v) is 3.95. The molecule has 0 aliphatic heterocycles. The van der Waals surface area contributed by atoms with Crippen molar-refractivity contribution in [3.05, 3.63) is 77.6 Å². The first-order valence-corrected chi connectivity index (χ1v) is 8.74. The Balaban J connectivity index is 0.000000248. The van der Waals surface area contributed by atoms with Gasteiger partial charge >= 0.3 is 5.97 Å². The fraction of sp³-hybridized carbons (Fsp3) is 0.136. The molecule has 2 N–H and O–H groups in total. The average molecular weight is 411 g/mol. The number of phenols is 1. The molecule has 0 aliphatic rings. The zero-order valence-electron chi connectivity index (χ0n) is 16.4. The summed E-state index contributed by atoms with van der Waals surface area (Å²) in [5.74, 6) is 0.465. The average Bonchev–Trinajstić information content (AvgIpc) is 2.78. The summed E-state index contributed by atoms with van der Waals surface area (Å²) in [6, 6.07) is 13.4. The van der Waals surface area contributed by atoms with Crippen LogP contribution in [0, 0.1) is 0 Å². The van der Waals surface area contributed by atoms with E-state index in [1.807, 2.05) is 0 Å². The Kier molecular flexibility index (Phi) is 8.19. The number of carbonyl (C=O) groups is 2. The van der Waals surface area contributed by atoms with Crippen molar-refractivity contribution in [3.8, 4) is 23.0 Å². The van der Waals surface area contributed by atoms with Gasteiger partial charge in [-0.25, -0.2) is 4.79 Å². The summed E-state index contributed by atoms with van der Waals surface area (Å²) in [4.78, 5) is 25.0. The minimum atomic E-state index is -1.03. The molecule has 30 heavy (non-hydrogen) atoms. The smallest absolute Gasteiger partial charge is 0.341 e. The van der Waals surface area contributed by atoms with Gasteiger partial charge in [-0.15, -0.1) is 0 Å². The van der Waals surface area contributed by atoms with Crippen LogP contribution < -0.4 is 14.2 Å². The van der Waals surface area contributed by atoms with Gasteiger partial charge in [-0.3, -0.25) is 9.78 Å². The third kappa shape index (κ3) is 5.96. The van der Waals surface area contributed by atoms with Crippen LogP contribution in [0.5, 0.6) is 23.0 Å². The van der Waals surface area contributed by atoms with Crippen LogP contribution >= 0.6 is 0 Å². The highest BCUT2D eigenvalue weighted by molar-refractivity contribution is 5.90. The second-order valence-electron chi connectivity index (χ2n) is 5.82. The molecule has 8 nitrogen and oxygen atoms in total. The van der Waals surface area contributed by atoms with Crippen LogP contribution in [0.25, 0.3) is 0 Å². The number of pyridine rings is 1. The van der Waals surface area contributed by atoms with Gasteiger partial charge in [0.25, 0.3) is 0 Å². The SMILES string of the molecule is COc1ccc(COc2ccccc2C=O)c(O)c1.COc1ccncc1C(=O)O. The van der Waals surface area contributed by atoms with Gasteiger partial charge in [-0.2, -0.15) is 0 Å². The van der Waals surface area contributed by atoms with Crippen molar-refractivity contribution >= 4 is 12.3 Å². The second-order valence-corrected chi connectivity index (χ2v) is 5.82. The van der Waals surface area contributed by atoms with Crippen molar-refractivity contribution in [2.45, 2.75) is 6.61 Å². The number of methoxy groups -OCH3 is 2. The molecule has 3 rings (SSSR count). The maximum absolute atomic E-state index is 10.8. The summed E-state index contributed by atoms with van der Waals surface area (Å²) in [5.41, 5.74) is 1.19. The van der Waals surface area contributed by atoms with E-state index in [0.717, 1.165) is 6.29 Å². The molecule has 0 aliphatic carbocycles. The van der Waals surface area contributed by atoms with Crippen LogP contribution in [0.2, 0.25) is 0 Å². The molecule has 3 aromatic rings. The van der Waals surface area contributed by atoms with E-state index in [1.54, 1.807) is 36.4 Å². The molecule has 1 aromatic heterocycles. The Hall–Kier alpha value is -4.07. The number of carboxylic acid groups (broad SMARTS) is 1. The number of para-hydroxylation sites is 1. The molecule has 8 heteroatoms. The van der Waals surface area contributed by atoms with E-state index in [9.17, 15) is 14.7 Å². The van der Waals surface area contributed by atoms with Gasteiger partial charge in [0.05, 0.1) is 19.8 Å². The second kappa shape index (κ2) is 11.1. The lowest BCUT2D eigenvalue weighted by Gasteiger charge is -2.10. The minimum absolute atomic E-state index is 0.0787. The van der Waals surface area contributed by atoms with Crippen molar-refractivity contribution in [2.24, 2.45) is 0 Å². The van der Waals surface area contributed by atoms with Gasteiger partial charge in [0.2, 0.25) is 0 Å². The Labute approximate surface area is 173 Å².